The molecule has 0 aliphatic rings. The van der Waals surface area contributed by atoms with Gasteiger partial charge in [-0.05, 0) is 75.6 Å². The van der Waals surface area contributed by atoms with E-state index >= 15 is 0 Å². The average molecular weight is 531 g/mol. The highest BCUT2D eigenvalue weighted by Crippen LogP contribution is 2.25. The maximum atomic E-state index is 12.3. The maximum Gasteiger partial charge on any atom is 0.407 e. The van der Waals surface area contributed by atoms with Crippen molar-refractivity contribution in [1.82, 2.24) is 10.6 Å². The van der Waals surface area contributed by atoms with Crippen LogP contribution in [-0.4, -0.2) is 38.5 Å². The van der Waals surface area contributed by atoms with E-state index < -0.39 is 23.3 Å². The lowest BCUT2D eigenvalue weighted by Gasteiger charge is -2.29. The third-order valence-electron chi connectivity index (χ3n) is 6.06. The highest BCUT2D eigenvalue weighted by molar-refractivity contribution is 5.69. The number of amides is 2. The van der Waals surface area contributed by atoms with E-state index in [1.54, 1.807) is 0 Å². The van der Waals surface area contributed by atoms with Gasteiger partial charge in [-0.1, -0.05) is 60.2 Å². The highest BCUT2D eigenvalue weighted by Gasteiger charge is 2.27. The van der Waals surface area contributed by atoms with Gasteiger partial charge in [-0.15, -0.1) is 0 Å². The van der Waals surface area contributed by atoms with Crippen LogP contribution in [0.3, 0.4) is 0 Å². The van der Waals surface area contributed by atoms with Crippen LogP contribution in [0.25, 0.3) is 20.9 Å². The Hall–Kier alpha value is -3.62. The fourth-order valence-corrected chi connectivity index (χ4v) is 3.73. The largest absolute Gasteiger partial charge is 0.450 e. The van der Waals surface area contributed by atoms with Gasteiger partial charge in [0.25, 0.3) is 0 Å². The summed E-state index contributed by atoms with van der Waals surface area (Å²) in [6.07, 6.45) is 5.85. The molecule has 1 aromatic rings. The van der Waals surface area contributed by atoms with Crippen molar-refractivity contribution in [3.05, 3.63) is 56.3 Å². The fraction of sp³-hybridized carbons (Fsp3) is 0.692. The van der Waals surface area contributed by atoms with E-state index in [9.17, 15) is 9.59 Å². The average Bonchev–Trinajstić information content (AvgIpc) is 2.86. The SMILES string of the molecule is CC(C)(NC(=O)OCCCCCCN=[N+]=[N-])c1ccc(C(C)(C)NC(=O)OCCCCCCN=[N+]=[N-])cc1. The third kappa shape index (κ3) is 13.6. The summed E-state index contributed by atoms with van der Waals surface area (Å²) in [7, 11) is 0. The van der Waals surface area contributed by atoms with Gasteiger partial charge in [-0.2, -0.15) is 0 Å². The molecule has 0 spiro atoms. The lowest BCUT2D eigenvalue weighted by atomic mass is 9.89. The predicted octanol–water partition coefficient (Wildman–Crippen LogP) is 7.35. The number of hydrogen-bond acceptors (Lipinski definition) is 6. The zero-order valence-electron chi connectivity index (χ0n) is 23.1. The van der Waals surface area contributed by atoms with Crippen LogP contribution in [0, 0.1) is 0 Å². The first-order valence-electron chi connectivity index (χ1n) is 13.1. The summed E-state index contributed by atoms with van der Waals surface area (Å²) >= 11 is 0. The standard InChI is InChI=1S/C26H42N8O4/c1-25(2,31-23(35)37-19-11-7-5-9-17-29-33-27)21-13-15-22(16-14-21)26(3,4)32-24(36)38-20-12-8-6-10-18-30-34-28/h13-16H,5-12,17-20H2,1-4H3,(H,31,35)(H,32,36). The van der Waals surface area contributed by atoms with Crippen molar-refractivity contribution in [2.24, 2.45) is 10.2 Å². The van der Waals surface area contributed by atoms with Crippen molar-refractivity contribution in [3.8, 4) is 0 Å². The lowest BCUT2D eigenvalue weighted by molar-refractivity contribution is 0.132. The summed E-state index contributed by atoms with van der Waals surface area (Å²) in [4.78, 5) is 30.0. The van der Waals surface area contributed by atoms with Gasteiger partial charge in [0.1, 0.15) is 0 Å². The van der Waals surface area contributed by atoms with Gasteiger partial charge in [0.15, 0.2) is 0 Å². The molecule has 0 heterocycles. The Morgan fingerprint density at radius 3 is 1.37 bits per heavy atom. The number of rotatable bonds is 18. The smallest absolute Gasteiger partial charge is 0.407 e. The van der Waals surface area contributed by atoms with Crippen molar-refractivity contribution in [2.75, 3.05) is 26.3 Å². The molecule has 38 heavy (non-hydrogen) atoms. The van der Waals surface area contributed by atoms with Crippen LogP contribution in [-0.2, 0) is 20.6 Å². The molecule has 0 saturated carbocycles. The minimum atomic E-state index is -0.650. The van der Waals surface area contributed by atoms with Crippen molar-refractivity contribution in [1.29, 1.82) is 0 Å². The second kappa shape index (κ2) is 17.8. The second-order valence-corrected chi connectivity index (χ2v) is 10.1. The molecule has 2 N–H and O–H groups in total. The molecule has 0 aromatic heterocycles. The normalized spacial score (nSPS) is 11.1. The summed E-state index contributed by atoms with van der Waals surface area (Å²) in [5, 5.41) is 12.8. The summed E-state index contributed by atoms with van der Waals surface area (Å²) in [6.45, 7) is 9.24. The number of carbonyl (C=O) groups is 2. The zero-order valence-corrected chi connectivity index (χ0v) is 23.1. The van der Waals surface area contributed by atoms with E-state index in [0.29, 0.717) is 26.3 Å². The third-order valence-corrected chi connectivity index (χ3v) is 6.06. The van der Waals surface area contributed by atoms with Gasteiger partial charge in [0.2, 0.25) is 0 Å². The fourth-order valence-electron chi connectivity index (χ4n) is 3.73. The molecule has 0 aliphatic heterocycles. The Labute approximate surface area is 225 Å². The zero-order chi connectivity index (χ0) is 28.3. The first-order valence-corrected chi connectivity index (χ1v) is 13.1. The van der Waals surface area contributed by atoms with Crippen molar-refractivity contribution in [2.45, 2.75) is 90.1 Å². The number of hydrogen-bond donors (Lipinski definition) is 2. The molecule has 210 valence electrons. The number of alkyl carbamates (subject to hydrolysis) is 2. The topological polar surface area (TPSA) is 174 Å². The number of nitrogens with zero attached hydrogens (tertiary/aromatic N) is 6. The Bertz CT molecular complexity index is 875. The highest BCUT2D eigenvalue weighted by atomic mass is 16.6. The van der Waals surface area contributed by atoms with Crippen LogP contribution in [0.1, 0.15) is 90.2 Å². The van der Waals surface area contributed by atoms with Crippen molar-refractivity contribution in [3.63, 3.8) is 0 Å². The summed E-state index contributed by atoms with van der Waals surface area (Å²) < 4.78 is 10.6. The molecule has 12 heteroatoms. The molecule has 0 atom stereocenters. The first-order chi connectivity index (χ1) is 18.1. The van der Waals surface area contributed by atoms with Gasteiger partial charge in [-0.3, -0.25) is 0 Å². The molecule has 1 rings (SSSR count). The molecule has 0 unspecified atom stereocenters. The van der Waals surface area contributed by atoms with E-state index in [-0.39, 0.29) is 0 Å². The molecule has 0 fully saturated rings. The number of unbranched alkanes of at least 4 members (excludes halogenated alkanes) is 6. The quantitative estimate of drug-likeness (QED) is 0.0873. The molecule has 12 nitrogen and oxygen atoms in total. The van der Waals surface area contributed by atoms with Crippen LogP contribution < -0.4 is 10.6 Å². The van der Waals surface area contributed by atoms with Crippen LogP contribution >= 0.6 is 0 Å². The van der Waals surface area contributed by atoms with Gasteiger partial charge in [0.05, 0.1) is 24.3 Å². The molecule has 0 bridgehead atoms. The summed E-state index contributed by atoms with van der Waals surface area (Å²) in [6, 6.07) is 7.68. The van der Waals surface area contributed by atoms with Crippen LogP contribution in [0.5, 0.6) is 0 Å². The molecule has 0 saturated heterocycles. The van der Waals surface area contributed by atoms with Crippen LogP contribution in [0.4, 0.5) is 9.59 Å². The van der Waals surface area contributed by atoms with Gasteiger partial charge >= 0.3 is 12.2 Å². The van der Waals surface area contributed by atoms with E-state index in [2.05, 4.69) is 30.7 Å². The monoisotopic (exact) mass is 530 g/mol. The summed E-state index contributed by atoms with van der Waals surface area (Å²) in [5.74, 6) is 0. The van der Waals surface area contributed by atoms with Gasteiger partial charge < -0.3 is 20.1 Å². The number of azide groups is 2. The van der Waals surface area contributed by atoms with E-state index in [1.807, 2.05) is 52.0 Å². The van der Waals surface area contributed by atoms with Gasteiger partial charge in [0, 0.05) is 22.9 Å². The van der Waals surface area contributed by atoms with E-state index in [1.165, 1.54) is 0 Å². The second-order valence-electron chi connectivity index (χ2n) is 10.1. The molecular weight excluding hydrogens is 488 g/mol. The minimum Gasteiger partial charge on any atom is -0.450 e. The van der Waals surface area contributed by atoms with Crippen molar-refractivity contribution < 1.29 is 19.1 Å². The Kier molecular flexibility index (Phi) is 15.2. The molecular formula is C26H42N8O4. The van der Waals surface area contributed by atoms with E-state index in [0.717, 1.165) is 62.5 Å². The molecule has 0 aliphatic carbocycles. The number of benzene rings is 1. The Balaban J connectivity index is 2.44. The number of ether oxygens (including phenoxy) is 2. The lowest BCUT2D eigenvalue weighted by Crippen LogP contribution is -2.42. The maximum absolute atomic E-state index is 12.3. The Morgan fingerprint density at radius 2 is 1.03 bits per heavy atom. The molecule has 0 radical (unpaired) electrons. The van der Waals surface area contributed by atoms with E-state index in [4.69, 9.17) is 20.5 Å². The Morgan fingerprint density at radius 1 is 0.684 bits per heavy atom. The number of nitrogens with one attached hydrogen (secondary N) is 2. The van der Waals surface area contributed by atoms with Crippen LogP contribution in [0.2, 0.25) is 0 Å². The van der Waals surface area contributed by atoms with Crippen molar-refractivity contribution >= 4 is 12.2 Å². The van der Waals surface area contributed by atoms with Crippen LogP contribution in [0.15, 0.2) is 34.5 Å². The first kappa shape index (κ1) is 32.4. The predicted molar refractivity (Wildman–Crippen MR) is 146 cm³/mol. The number of carbonyl (C=O) groups excluding carboxylic acids is 2. The molecule has 2 amide bonds. The summed E-state index contributed by atoms with van der Waals surface area (Å²) in [5.41, 5.74) is 17.0. The van der Waals surface area contributed by atoms with Gasteiger partial charge in [-0.25, -0.2) is 9.59 Å². The molecule has 1 aromatic carbocycles. The minimum absolute atomic E-state index is 0.329.